The van der Waals surface area contributed by atoms with Crippen LogP contribution in [0.1, 0.15) is 20.3 Å². The van der Waals surface area contributed by atoms with Gasteiger partial charge in [0.1, 0.15) is 0 Å². The molecule has 1 aliphatic carbocycles. The third-order valence-corrected chi connectivity index (χ3v) is 5.75. The Bertz CT molecular complexity index is 923. The fourth-order valence-corrected chi connectivity index (χ4v) is 4.65. The molecule has 1 aromatic heterocycles. The third kappa shape index (κ3) is 1.63. The zero-order valence-corrected chi connectivity index (χ0v) is 14.0. The van der Waals surface area contributed by atoms with Crippen molar-refractivity contribution in [1.29, 1.82) is 0 Å². The van der Waals surface area contributed by atoms with Crippen molar-refractivity contribution in [2.75, 3.05) is 11.4 Å². The smallest absolute Gasteiger partial charge is 0.210 e. The zero-order chi connectivity index (χ0) is 16.7. The van der Waals surface area contributed by atoms with Crippen LogP contribution in [0.2, 0.25) is 0 Å². The molecule has 0 bridgehead atoms. The number of para-hydroxylation sites is 2. The number of hydrogen-bond acceptors (Lipinski definition) is 3. The van der Waals surface area contributed by atoms with Crippen molar-refractivity contribution in [2.24, 2.45) is 11.1 Å². The van der Waals surface area contributed by atoms with Gasteiger partial charge < -0.3 is 15.2 Å². The molecule has 0 radical (unpaired) electrons. The van der Waals surface area contributed by atoms with Crippen molar-refractivity contribution in [3.63, 3.8) is 0 Å². The number of alkyl halides is 1. The molecule has 5 heteroatoms. The maximum Gasteiger partial charge on any atom is 0.210 e. The van der Waals surface area contributed by atoms with Crippen LogP contribution in [-0.2, 0) is 6.54 Å². The first-order valence-electron chi connectivity index (χ1n) is 8.53. The van der Waals surface area contributed by atoms with Gasteiger partial charge in [0.2, 0.25) is 5.95 Å². The molecule has 3 atom stereocenters. The molecule has 1 aromatic carbocycles. The first-order chi connectivity index (χ1) is 11.4. The maximum absolute atomic E-state index is 15.2. The van der Waals surface area contributed by atoms with Crippen LogP contribution in [0.3, 0.4) is 0 Å². The predicted octanol–water partition coefficient (Wildman–Crippen LogP) is 3.15. The van der Waals surface area contributed by atoms with Crippen LogP contribution in [0.5, 0.6) is 0 Å². The number of nitrogens with zero attached hydrogens (tertiary/aromatic N) is 3. The van der Waals surface area contributed by atoms with Gasteiger partial charge in [-0.1, -0.05) is 18.2 Å². The number of allylic oxidation sites excluding steroid dienone is 2. The molecule has 3 aliphatic rings. The van der Waals surface area contributed by atoms with Crippen LogP contribution in [0.4, 0.5) is 10.3 Å². The highest BCUT2D eigenvalue weighted by molar-refractivity contribution is 5.80. The number of hydrogen-bond donors (Lipinski definition) is 1. The second kappa shape index (κ2) is 4.28. The lowest BCUT2D eigenvalue weighted by atomic mass is 9.69. The van der Waals surface area contributed by atoms with E-state index in [4.69, 9.17) is 10.7 Å². The van der Waals surface area contributed by atoms with Gasteiger partial charge in [-0.15, -0.1) is 0 Å². The average Bonchev–Trinajstić information content (AvgIpc) is 2.91. The Hall–Kier alpha value is -2.14. The van der Waals surface area contributed by atoms with Crippen LogP contribution >= 0.6 is 0 Å². The summed E-state index contributed by atoms with van der Waals surface area (Å²) in [5, 5.41) is 0. The molecule has 2 N–H and O–H groups in total. The normalized spacial score (nSPS) is 34.5. The Labute approximate surface area is 140 Å². The van der Waals surface area contributed by atoms with Gasteiger partial charge in [0.25, 0.3) is 0 Å². The minimum absolute atomic E-state index is 0.230. The number of aromatic nitrogens is 2. The fourth-order valence-electron chi connectivity index (χ4n) is 4.65. The highest BCUT2D eigenvalue weighted by Gasteiger charge is 2.50. The van der Waals surface area contributed by atoms with Crippen molar-refractivity contribution in [1.82, 2.24) is 9.55 Å². The summed E-state index contributed by atoms with van der Waals surface area (Å²) >= 11 is 0. The van der Waals surface area contributed by atoms with E-state index in [1.807, 2.05) is 24.3 Å². The van der Waals surface area contributed by atoms with E-state index in [-0.39, 0.29) is 11.5 Å². The highest BCUT2D eigenvalue weighted by Crippen LogP contribution is 2.52. The van der Waals surface area contributed by atoms with Crippen LogP contribution in [0.25, 0.3) is 11.0 Å². The topological polar surface area (TPSA) is 47.1 Å². The lowest BCUT2D eigenvalue weighted by Gasteiger charge is -2.51. The third-order valence-electron chi connectivity index (χ3n) is 5.75. The van der Waals surface area contributed by atoms with E-state index >= 15 is 4.39 Å². The molecule has 3 unspecified atom stereocenters. The van der Waals surface area contributed by atoms with Crippen LogP contribution in [0.15, 0.2) is 47.7 Å². The SMILES string of the molecule is CC1(F)C=CC2(C)Cn3c(nc4ccccc43)N3CCC(N)C1=C32. The van der Waals surface area contributed by atoms with E-state index in [2.05, 4.69) is 22.5 Å². The summed E-state index contributed by atoms with van der Waals surface area (Å²) in [5.74, 6) is 0.916. The predicted molar refractivity (Wildman–Crippen MR) is 93.5 cm³/mol. The number of nitrogens with two attached hydrogens (primary N) is 1. The van der Waals surface area contributed by atoms with Gasteiger partial charge in [-0.3, -0.25) is 0 Å². The maximum atomic E-state index is 15.2. The second-order valence-electron chi connectivity index (χ2n) is 7.62. The zero-order valence-electron chi connectivity index (χ0n) is 14.0. The van der Waals surface area contributed by atoms with Gasteiger partial charge >= 0.3 is 0 Å². The molecule has 0 amide bonds. The Kier molecular flexibility index (Phi) is 2.53. The van der Waals surface area contributed by atoms with Crippen molar-refractivity contribution < 1.29 is 4.39 Å². The summed E-state index contributed by atoms with van der Waals surface area (Å²) < 4.78 is 17.5. The average molecular weight is 324 g/mol. The molecule has 3 heterocycles. The number of anilines is 1. The van der Waals surface area contributed by atoms with Crippen molar-refractivity contribution in [3.05, 3.63) is 47.7 Å². The molecule has 0 saturated carbocycles. The van der Waals surface area contributed by atoms with Gasteiger partial charge in [-0.2, -0.15) is 0 Å². The minimum atomic E-state index is -1.49. The number of imidazole rings is 1. The number of fused-ring (bicyclic) bond motifs is 4. The van der Waals surface area contributed by atoms with E-state index in [0.717, 1.165) is 47.8 Å². The Balaban J connectivity index is 1.84. The number of rotatable bonds is 0. The monoisotopic (exact) mass is 324 g/mol. The van der Waals surface area contributed by atoms with Crippen molar-refractivity contribution in [3.8, 4) is 0 Å². The Morgan fingerprint density at radius 3 is 2.88 bits per heavy atom. The lowest BCUT2D eigenvalue weighted by Crippen LogP contribution is -2.54. The summed E-state index contributed by atoms with van der Waals surface area (Å²) in [6.45, 7) is 5.34. The molecule has 0 saturated heterocycles. The van der Waals surface area contributed by atoms with Gasteiger partial charge in [0, 0.05) is 35.8 Å². The summed E-state index contributed by atoms with van der Waals surface area (Å²) in [4.78, 5) is 7.03. The fraction of sp³-hybridized carbons (Fsp3) is 0.421. The summed E-state index contributed by atoms with van der Waals surface area (Å²) in [7, 11) is 0. The molecule has 24 heavy (non-hydrogen) atoms. The van der Waals surface area contributed by atoms with Gasteiger partial charge in [0.15, 0.2) is 5.67 Å². The van der Waals surface area contributed by atoms with Crippen molar-refractivity contribution in [2.45, 2.75) is 38.5 Å². The summed E-state index contributed by atoms with van der Waals surface area (Å²) in [6, 6.07) is 7.95. The molecule has 2 aliphatic heterocycles. The van der Waals surface area contributed by atoms with E-state index in [0.29, 0.717) is 0 Å². The van der Waals surface area contributed by atoms with Gasteiger partial charge in [-0.25, -0.2) is 9.37 Å². The first-order valence-corrected chi connectivity index (χ1v) is 8.53. The van der Waals surface area contributed by atoms with Crippen LogP contribution in [0, 0.1) is 5.41 Å². The molecule has 124 valence electrons. The quantitative estimate of drug-likeness (QED) is 0.757. The number of benzene rings is 1. The highest BCUT2D eigenvalue weighted by atomic mass is 19.1. The largest absolute Gasteiger partial charge is 0.324 e. The molecule has 0 spiro atoms. The van der Waals surface area contributed by atoms with E-state index in [9.17, 15) is 0 Å². The Morgan fingerprint density at radius 1 is 1.25 bits per heavy atom. The molecule has 5 rings (SSSR count). The Morgan fingerprint density at radius 2 is 2.04 bits per heavy atom. The minimum Gasteiger partial charge on any atom is -0.324 e. The molecular weight excluding hydrogens is 303 g/mol. The van der Waals surface area contributed by atoms with Gasteiger partial charge in [0.05, 0.1) is 11.0 Å². The first kappa shape index (κ1) is 14.2. The summed E-state index contributed by atoms with van der Waals surface area (Å²) in [5.41, 5.74) is 8.47. The molecule has 0 fully saturated rings. The second-order valence-corrected chi connectivity index (χ2v) is 7.62. The molecule has 4 nitrogen and oxygen atoms in total. The lowest BCUT2D eigenvalue weighted by molar-refractivity contribution is 0.249. The van der Waals surface area contributed by atoms with Gasteiger partial charge in [-0.05, 0) is 38.5 Å². The molecule has 2 aromatic rings. The van der Waals surface area contributed by atoms with E-state index < -0.39 is 5.67 Å². The van der Waals surface area contributed by atoms with Crippen LogP contribution < -0.4 is 10.6 Å². The summed E-state index contributed by atoms with van der Waals surface area (Å²) in [6.07, 6.45) is 4.46. The van der Waals surface area contributed by atoms with E-state index in [1.54, 1.807) is 13.0 Å². The van der Waals surface area contributed by atoms with Crippen LogP contribution in [-0.4, -0.2) is 27.8 Å². The number of halogens is 1. The molecular formula is C19H21FN4. The van der Waals surface area contributed by atoms with E-state index in [1.165, 1.54) is 0 Å². The standard InChI is InChI=1S/C19H21FN4/c1-18-8-9-19(2,20)15-12(21)7-10-23(16(15)18)17-22-13-5-3-4-6-14(13)24(17)11-18/h3-6,8-9,12H,7,10-11,21H2,1-2H3. The van der Waals surface area contributed by atoms with Crippen molar-refractivity contribution >= 4 is 17.0 Å².